The molecule has 2 aromatic carbocycles. The number of pyridine rings is 1. The largest absolute Gasteiger partial charge is 0.413 e. The molecule has 5 rings (SSSR count). The van der Waals surface area contributed by atoms with Crippen LogP contribution in [0.2, 0.25) is 0 Å². The molecule has 0 spiro atoms. The number of hydrogen-bond acceptors (Lipinski definition) is 8. The van der Waals surface area contributed by atoms with E-state index in [0.717, 1.165) is 5.01 Å². The van der Waals surface area contributed by atoms with E-state index in [2.05, 4.69) is 38.7 Å². The van der Waals surface area contributed by atoms with Crippen molar-refractivity contribution in [2.24, 2.45) is 5.41 Å². The molecule has 3 aromatic rings. The topological polar surface area (TPSA) is 112 Å². The van der Waals surface area contributed by atoms with Crippen LogP contribution < -0.4 is 21.6 Å². The molecule has 2 heterocycles. The van der Waals surface area contributed by atoms with Crippen LogP contribution in [0.4, 0.5) is 28.9 Å². The molecule has 0 bridgehead atoms. The molecule has 0 amide bonds. The molecule has 4 N–H and O–H groups in total. The predicted molar refractivity (Wildman–Crippen MR) is 151 cm³/mol. The third kappa shape index (κ3) is 5.26. The van der Waals surface area contributed by atoms with Crippen LogP contribution >= 0.6 is 0 Å². The smallest absolute Gasteiger partial charge is 0.383 e. The van der Waals surface area contributed by atoms with E-state index in [-0.39, 0.29) is 23.8 Å². The van der Waals surface area contributed by atoms with Gasteiger partial charge >= 0.3 is 6.18 Å². The molecule has 8 nitrogen and oxygen atoms in total. The van der Waals surface area contributed by atoms with Gasteiger partial charge in [-0.1, -0.05) is 32.9 Å². The molecular formula is C30H30F4N8. The van der Waals surface area contributed by atoms with Crippen LogP contribution in [0.15, 0.2) is 48.4 Å². The van der Waals surface area contributed by atoms with Crippen LogP contribution in [0.25, 0.3) is 10.9 Å². The first-order chi connectivity index (χ1) is 19.8. The molecule has 2 aliphatic rings. The number of nitrogens with one attached hydrogen (secondary N) is 4. The van der Waals surface area contributed by atoms with Crippen molar-refractivity contribution in [2.45, 2.75) is 58.3 Å². The monoisotopic (exact) mass is 578 g/mol. The minimum atomic E-state index is -4.45. The van der Waals surface area contributed by atoms with Crippen LogP contribution in [0.3, 0.4) is 0 Å². The van der Waals surface area contributed by atoms with Crippen LogP contribution in [-0.2, 0) is 0 Å². The lowest BCUT2D eigenvalue weighted by atomic mass is 9.96. The Labute approximate surface area is 241 Å². The highest BCUT2D eigenvalue weighted by atomic mass is 19.4. The average molecular weight is 579 g/mol. The fraction of sp³-hybridized carbons (Fsp3) is 0.367. The van der Waals surface area contributed by atoms with Crippen molar-refractivity contribution in [1.82, 2.24) is 21.0 Å². The number of anilines is 2. The number of aromatic nitrogens is 1. The lowest BCUT2D eigenvalue weighted by Gasteiger charge is -2.28. The Kier molecular flexibility index (Phi) is 7.15. The Morgan fingerprint density at radius 3 is 2.45 bits per heavy atom. The third-order valence-electron chi connectivity index (χ3n) is 7.55. The second kappa shape index (κ2) is 10.4. The van der Waals surface area contributed by atoms with Crippen LogP contribution in [0.1, 0.15) is 61.9 Å². The molecule has 0 unspecified atom stereocenters. The summed E-state index contributed by atoms with van der Waals surface area (Å²) in [5.74, 6) is -0.468. The van der Waals surface area contributed by atoms with E-state index in [1.54, 1.807) is 25.1 Å². The number of halogens is 4. The molecule has 1 aliphatic heterocycles. The predicted octanol–water partition coefficient (Wildman–Crippen LogP) is 6.30. The quantitative estimate of drug-likeness (QED) is 0.242. The van der Waals surface area contributed by atoms with Gasteiger partial charge in [-0.25, -0.2) is 4.39 Å². The minimum Gasteiger partial charge on any atom is -0.383 e. The molecule has 1 fully saturated rings. The summed E-state index contributed by atoms with van der Waals surface area (Å²) in [7, 11) is 0. The summed E-state index contributed by atoms with van der Waals surface area (Å²) in [6, 6.07) is 11.3. The standard InChI is InChI=1S/C30H30F4N8/c1-17-21(6-5-7-23(17)31)27(24-15-42(41-40-24)29(8-9-29)30(32,33)34)39-20-10-18(12-35)25-22(11-20)26(19(13-36)14-37-25)38-16-28(2,3)4/h5-7,10-11,14-15,27,39-41H,8-9,16H2,1-4H3,(H,37,38)/t27-/m0/s1. The van der Waals surface area contributed by atoms with Gasteiger partial charge in [-0.15, -0.1) is 5.53 Å². The number of rotatable bonds is 7. The molecule has 0 saturated heterocycles. The summed E-state index contributed by atoms with van der Waals surface area (Å²) >= 11 is 0. The first-order valence-corrected chi connectivity index (χ1v) is 13.4. The van der Waals surface area contributed by atoms with E-state index < -0.39 is 23.6 Å². The number of hydrazine groups is 2. The van der Waals surface area contributed by atoms with Gasteiger partial charge in [0.1, 0.15) is 18.0 Å². The lowest BCUT2D eigenvalue weighted by Crippen LogP contribution is -2.52. The second-order valence-corrected chi connectivity index (χ2v) is 11.9. The van der Waals surface area contributed by atoms with Crippen molar-refractivity contribution in [2.75, 3.05) is 17.2 Å². The van der Waals surface area contributed by atoms with Gasteiger partial charge in [0.25, 0.3) is 0 Å². The van der Waals surface area contributed by atoms with Gasteiger partial charge < -0.3 is 16.1 Å². The normalized spacial score (nSPS) is 16.7. The molecular weight excluding hydrogens is 548 g/mol. The zero-order valence-electron chi connectivity index (χ0n) is 23.5. The summed E-state index contributed by atoms with van der Waals surface area (Å²) in [6.07, 6.45) is -1.79. The zero-order chi connectivity index (χ0) is 30.4. The Morgan fingerprint density at radius 2 is 1.83 bits per heavy atom. The Hall–Kier alpha value is -4.55. The van der Waals surface area contributed by atoms with Crippen molar-refractivity contribution in [1.29, 1.82) is 10.5 Å². The van der Waals surface area contributed by atoms with Crippen molar-refractivity contribution >= 4 is 22.3 Å². The second-order valence-electron chi connectivity index (χ2n) is 11.9. The van der Waals surface area contributed by atoms with Gasteiger partial charge in [-0.2, -0.15) is 23.7 Å². The Morgan fingerprint density at radius 1 is 1.12 bits per heavy atom. The van der Waals surface area contributed by atoms with E-state index in [0.29, 0.717) is 51.2 Å². The Balaban J connectivity index is 1.62. The Bertz CT molecular complexity index is 1660. The molecule has 1 saturated carbocycles. The van der Waals surface area contributed by atoms with E-state index in [1.807, 2.05) is 20.8 Å². The zero-order valence-corrected chi connectivity index (χ0v) is 23.5. The summed E-state index contributed by atoms with van der Waals surface area (Å²) in [5, 5.41) is 28.0. The molecule has 42 heavy (non-hydrogen) atoms. The third-order valence-corrected chi connectivity index (χ3v) is 7.55. The summed E-state index contributed by atoms with van der Waals surface area (Å²) in [6.45, 7) is 8.25. The fourth-order valence-corrected chi connectivity index (χ4v) is 5.01. The van der Waals surface area contributed by atoms with E-state index in [4.69, 9.17) is 0 Å². The maximum Gasteiger partial charge on any atom is 0.413 e. The van der Waals surface area contributed by atoms with E-state index >= 15 is 0 Å². The van der Waals surface area contributed by atoms with Crippen molar-refractivity contribution in [3.8, 4) is 12.1 Å². The first-order valence-electron chi connectivity index (χ1n) is 13.4. The van der Waals surface area contributed by atoms with Gasteiger partial charge in [0, 0.05) is 30.0 Å². The molecule has 1 aliphatic carbocycles. The SMILES string of the molecule is Cc1c(F)cccc1[C@H](Nc1cc(C#N)c2ncc(C#N)c(NCC(C)(C)C)c2c1)C1=CN(C2(C(F)(F)F)CC2)NN1. The highest BCUT2D eigenvalue weighted by Crippen LogP contribution is 2.53. The number of benzene rings is 2. The summed E-state index contributed by atoms with van der Waals surface area (Å²) < 4.78 is 56.3. The lowest BCUT2D eigenvalue weighted by molar-refractivity contribution is -0.195. The van der Waals surface area contributed by atoms with Crippen LogP contribution in [-0.4, -0.2) is 28.3 Å². The highest BCUT2D eigenvalue weighted by Gasteiger charge is 2.67. The van der Waals surface area contributed by atoms with Gasteiger partial charge in [0.15, 0.2) is 5.54 Å². The minimum absolute atomic E-state index is 0.0547. The van der Waals surface area contributed by atoms with Crippen LogP contribution in [0, 0.1) is 40.8 Å². The molecule has 1 aromatic heterocycles. The van der Waals surface area contributed by atoms with E-state index in [1.165, 1.54) is 24.5 Å². The number of nitrogens with zero attached hydrogens (tertiary/aromatic N) is 4. The maximum absolute atomic E-state index is 14.7. The van der Waals surface area contributed by atoms with Gasteiger partial charge in [0.2, 0.25) is 0 Å². The van der Waals surface area contributed by atoms with Crippen LogP contribution in [0.5, 0.6) is 0 Å². The summed E-state index contributed by atoms with van der Waals surface area (Å²) in [5.41, 5.74) is 6.32. The molecule has 12 heteroatoms. The molecule has 218 valence electrons. The number of nitriles is 2. The van der Waals surface area contributed by atoms with Crippen molar-refractivity contribution < 1.29 is 17.6 Å². The molecule has 0 radical (unpaired) electrons. The first kappa shape index (κ1) is 29.0. The van der Waals surface area contributed by atoms with Crippen molar-refractivity contribution in [3.63, 3.8) is 0 Å². The number of fused-ring (bicyclic) bond motifs is 1. The fourth-order valence-electron chi connectivity index (χ4n) is 5.01. The number of alkyl halides is 3. The molecule has 1 atom stereocenters. The van der Waals surface area contributed by atoms with E-state index in [9.17, 15) is 28.1 Å². The van der Waals surface area contributed by atoms with Gasteiger partial charge in [-0.3, -0.25) is 9.99 Å². The summed E-state index contributed by atoms with van der Waals surface area (Å²) in [4.78, 5) is 4.37. The highest BCUT2D eigenvalue weighted by molar-refractivity contribution is 5.99. The van der Waals surface area contributed by atoms with Gasteiger partial charge in [0.05, 0.1) is 34.1 Å². The van der Waals surface area contributed by atoms with Crippen molar-refractivity contribution in [3.05, 3.63) is 76.5 Å². The van der Waals surface area contributed by atoms with Gasteiger partial charge in [-0.05, 0) is 54.5 Å². The average Bonchev–Trinajstić information content (AvgIpc) is 3.62. The number of hydrogen-bond donors (Lipinski definition) is 4. The maximum atomic E-state index is 14.7.